The van der Waals surface area contributed by atoms with E-state index in [1.165, 1.54) is 21.7 Å². The third-order valence-corrected chi connectivity index (χ3v) is 11.3. The molecule has 0 radical (unpaired) electrons. The van der Waals surface area contributed by atoms with E-state index in [2.05, 4.69) is 94.2 Å². The van der Waals surface area contributed by atoms with Gasteiger partial charge >= 0.3 is 0 Å². The summed E-state index contributed by atoms with van der Waals surface area (Å²) in [6.45, 7) is 0. The monoisotopic (exact) mass is 558 g/mol. The molecule has 42 heavy (non-hydrogen) atoms. The first kappa shape index (κ1) is 24.7. The maximum absolute atomic E-state index is 15.2. The van der Waals surface area contributed by atoms with Crippen LogP contribution in [0.3, 0.4) is 0 Å². The number of para-hydroxylation sites is 2. The van der Waals surface area contributed by atoms with E-state index in [4.69, 9.17) is 0 Å². The summed E-state index contributed by atoms with van der Waals surface area (Å²) < 4.78 is 19.8. The zero-order valence-corrected chi connectivity index (χ0v) is 23.7. The highest BCUT2D eigenvalue weighted by molar-refractivity contribution is 7.85. The van der Waals surface area contributed by atoms with Gasteiger partial charge in [-0.15, -0.1) is 0 Å². The summed E-state index contributed by atoms with van der Waals surface area (Å²) in [6, 6.07) is 53.7. The Morgan fingerprint density at radius 1 is 0.476 bits per heavy atom. The number of fused-ring (bicyclic) bond motifs is 5. The van der Waals surface area contributed by atoms with Gasteiger partial charge in [0.15, 0.2) is 7.14 Å². The summed E-state index contributed by atoms with van der Waals surface area (Å²) in [4.78, 5) is 0. The van der Waals surface area contributed by atoms with Crippen LogP contribution in [0.1, 0.15) is 0 Å². The molecule has 3 nitrogen and oxygen atoms in total. The number of hydrogen-bond donors (Lipinski definition) is 0. The largest absolute Gasteiger partial charge is 0.316 e. The van der Waals surface area contributed by atoms with Gasteiger partial charge in [-0.1, -0.05) is 115 Å². The van der Waals surface area contributed by atoms with Gasteiger partial charge in [-0.25, -0.2) is 0 Å². The van der Waals surface area contributed by atoms with Gasteiger partial charge in [-0.05, 0) is 42.5 Å². The second kappa shape index (κ2) is 9.76. The van der Waals surface area contributed by atoms with Crippen LogP contribution in [0.4, 0.5) is 0 Å². The zero-order chi connectivity index (χ0) is 28.1. The molecule has 0 saturated carbocycles. The van der Waals surface area contributed by atoms with Crippen molar-refractivity contribution in [3.63, 3.8) is 0 Å². The highest BCUT2D eigenvalue weighted by atomic mass is 31.2. The first-order valence-corrected chi connectivity index (χ1v) is 15.8. The number of aromatic nitrogens is 2. The molecule has 2 aromatic heterocycles. The Morgan fingerprint density at radius 2 is 1.07 bits per heavy atom. The quantitative estimate of drug-likeness (QED) is 0.195. The average molecular weight is 559 g/mol. The molecule has 0 aliphatic rings. The molecule has 0 aliphatic heterocycles. The van der Waals surface area contributed by atoms with Crippen molar-refractivity contribution in [3.8, 4) is 11.4 Å². The Bertz CT molecular complexity index is 2220. The minimum atomic E-state index is -3.12. The van der Waals surface area contributed by atoms with Gasteiger partial charge in [0.05, 0.1) is 16.6 Å². The molecule has 0 bridgehead atoms. The molecule has 8 aromatic rings. The molecular weight excluding hydrogens is 531 g/mol. The van der Waals surface area contributed by atoms with Gasteiger partial charge in [0.25, 0.3) is 0 Å². The number of rotatable bonds is 5. The van der Waals surface area contributed by atoms with Crippen molar-refractivity contribution in [1.29, 1.82) is 0 Å². The van der Waals surface area contributed by atoms with Crippen LogP contribution in [0.15, 0.2) is 164 Å². The molecule has 200 valence electrons. The summed E-state index contributed by atoms with van der Waals surface area (Å²) in [5.74, 6) is 0. The standard InChI is InChI=1S/C38H27N2OP/c41-42(31-16-6-2-7-17-31,32-18-8-3-9-19-32)33-20-12-15-30(27-33)40-35-22-11-10-21-34(35)37-36(40)24-23-28-25-26-39(38(28)37)29-13-4-1-5-14-29/h1-27H. The van der Waals surface area contributed by atoms with E-state index >= 15 is 4.57 Å². The molecule has 0 unspecified atom stereocenters. The number of hydrogen-bond acceptors (Lipinski definition) is 1. The van der Waals surface area contributed by atoms with E-state index in [9.17, 15) is 0 Å². The van der Waals surface area contributed by atoms with Gasteiger partial charge in [-0.2, -0.15) is 0 Å². The minimum absolute atomic E-state index is 0.817. The van der Waals surface area contributed by atoms with Crippen LogP contribution >= 0.6 is 7.14 Å². The fourth-order valence-electron chi connectivity index (χ4n) is 6.31. The average Bonchev–Trinajstić information content (AvgIpc) is 3.65. The van der Waals surface area contributed by atoms with Crippen molar-refractivity contribution in [2.45, 2.75) is 0 Å². The molecule has 6 aromatic carbocycles. The van der Waals surface area contributed by atoms with Crippen LogP contribution in [0.5, 0.6) is 0 Å². The normalized spacial score (nSPS) is 11.9. The maximum Gasteiger partial charge on any atom is 0.171 e. The summed E-state index contributed by atoms with van der Waals surface area (Å²) in [5, 5.41) is 6.07. The SMILES string of the molecule is O=P(c1ccccc1)(c1ccccc1)c1cccc(-n2c3ccccc3c3c4c(ccc32)ccn4-c2ccccc2)c1. The van der Waals surface area contributed by atoms with E-state index in [1.54, 1.807) is 0 Å². The molecule has 8 rings (SSSR count). The molecule has 0 fully saturated rings. The first-order valence-electron chi connectivity index (χ1n) is 14.1. The first-order chi connectivity index (χ1) is 20.7. The van der Waals surface area contributed by atoms with Crippen molar-refractivity contribution in [3.05, 3.63) is 164 Å². The molecule has 0 atom stereocenters. The lowest BCUT2D eigenvalue weighted by Gasteiger charge is -2.21. The summed E-state index contributed by atoms with van der Waals surface area (Å²) >= 11 is 0. The Labute approximate surface area is 244 Å². The van der Waals surface area contributed by atoms with Crippen molar-refractivity contribution >= 4 is 55.8 Å². The van der Waals surface area contributed by atoms with E-state index < -0.39 is 7.14 Å². The molecule has 0 spiro atoms. The van der Waals surface area contributed by atoms with Gasteiger partial charge in [-0.3, -0.25) is 0 Å². The Kier molecular flexibility index (Phi) is 5.73. The van der Waals surface area contributed by atoms with E-state index in [-0.39, 0.29) is 0 Å². The van der Waals surface area contributed by atoms with Crippen LogP contribution in [0, 0.1) is 0 Å². The molecular formula is C38H27N2OP. The fourth-order valence-corrected chi connectivity index (χ4v) is 9.00. The lowest BCUT2D eigenvalue weighted by Crippen LogP contribution is -2.25. The van der Waals surface area contributed by atoms with Crippen molar-refractivity contribution in [2.24, 2.45) is 0 Å². The third-order valence-electron chi connectivity index (χ3n) is 8.21. The highest BCUT2D eigenvalue weighted by Gasteiger charge is 2.30. The molecule has 0 aliphatic carbocycles. The smallest absolute Gasteiger partial charge is 0.171 e. The second-order valence-corrected chi connectivity index (χ2v) is 13.3. The van der Waals surface area contributed by atoms with Crippen molar-refractivity contribution in [2.75, 3.05) is 0 Å². The molecule has 0 saturated heterocycles. The van der Waals surface area contributed by atoms with Crippen molar-refractivity contribution in [1.82, 2.24) is 9.13 Å². The van der Waals surface area contributed by atoms with Gasteiger partial charge < -0.3 is 13.7 Å². The fraction of sp³-hybridized carbons (Fsp3) is 0. The summed E-state index contributed by atoms with van der Waals surface area (Å²) in [5.41, 5.74) is 5.54. The topological polar surface area (TPSA) is 26.9 Å². The van der Waals surface area contributed by atoms with Gasteiger partial charge in [0.2, 0.25) is 0 Å². The van der Waals surface area contributed by atoms with Gasteiger partial charge in [0.1, 0.15) is 0 Å². The third kappa shape index (κ3) is 3.71. The molecule has 4 heteroatoms. The lowest BCUT2D eigenvalue weighted by atomic mass is 10.1. The summed E-state index contributed by atoms with van der Waals surface area (Å²) in [7, 11) is -3.12. The Morgan fingerprint density at radius 3 is 1.79 bits per heavy atom. The maximum atomic E-state index is 15.2. The van der Waals surface area contributed by atoms with Gasteiger partial charge in [0, 0.05) is 49.6 Å². The molecule has 0 N–H and O–H groups in total. The van der Waals surface area contributed by atoms with E-state index in [0.29, 0.717) is 0 Å². The van der Waals surface area contributed by atoms with Crippen LogP contribution in [-0.2, 0) is 4.57 Å². The number of nitrogens with zero attached hydrogens (tertiary/aromatic N) is 2. The predicted molar refractivity (Wildman–Crippen MR) is 177 cm³/mol. The second-order valence-electron chi connectivity index (χ2n) is 10.6. The van der Waals surface area contributed by atoms with Crippen LogP contribution < -0.4 is 15.9 Å². The van der Waals surface area contributed by atoms with Crippen LogP contribution in [0.25, 0.3) is 44.1 Å². The van der Waals surface area contributed by atoms with Crippen LogP contribution in [-0.4, -0.2) is 9.13 Å². The van der Waals surface area contributed by atoms with Crippen molar-refractivity contribution < 1.29 is 4.57 Å². The molecule has 0 amide bonds. The lowest BCUT2D eigenvalue weighted by molar-refractivity contribution is 0.592. The zero-order valence-electron chi connectivity index (χ0n) is 22.8. The van der Waals surface area contributed by atoms with Crippen LogP contribution in [0.2, 0.25) is 0 Å². The Balaban J connectivity index is 1.42. The highest BCUT2D eigenvalue weighted by Crippen LogP contribution is 2.43. The minimum Gasteiger partial charge on any atom is -0.316 e. The van der Waals surface area contributed by atoms with E-state index in [0.717, 1.165) is 38.3 Å². The summed E-state index contributed by atoms with van der Waals surface area (Å²) in [6.07, 6.45) is 2.15. The van der Waals surface area contributed by atoms with E-state index in [1.807, 2.05) is 78.9 Å². The Hall–Kier alpha value is -5.11. The number of benzene rings is 6. The molecule has 2 heterocycles. The predicted octanol–water partition coefficient (Wildman–Crippen LogP) is 8.37.